The van der Waals surface area contributed by atoms with Crippen LogP contribution in [0.4, 0.5) is 0 Å². The van der Waals surface area contributed by atoms with Gasteiger partial charge in [0, 0.05) is 24.0 Å². The molecule has 0 radical (unpaired) electrons. The van der Waals surface area contributed by atoms with E-state index in [1.165, 1.54) is 0 Å². The molecule has 0 N–H and O–H groups in total. The first-order chi connectivity index (χ1) is 10.4. The first kappa shape index (κ1) is 31.2. The number of hydrogen-bond donors (Lipinski definition) is 0. The Kier molecular flexibility index (Phi) is 22.0. The second-order valence-electron chi connectivity index (χ2n) is 4.51. The van der Waals surface area contributed by atoms with Gasteiger partial charge in [-0.15, -0.1) is 12.8 Å². The molecule has 0 aliphatic heterocycles. The largest absolute Gasteiger partial charge is 1.00 e. The van der Waals surface area contributed by atoms with Gasteiger partial charge in [0.25, 0.3) is 0 Å². The van der Waals surface area contributed by atoms with Crippen LogP contribution < -0.4 is 103 Å². The van der Waals surface area contributed by atoms with Crippen LogP contribution in [-0.2, 0) is 10.1 Å². The minimum Gasteiger partial charge on any atom is -0.748 e. The fraction of sp³-hybridized carbons (Fsp3) is 0.467. The summed E-state index contributed by atoms with van der Waals surface area (Å²) >= 11 is 0. The van der Waals surface area contributed by atoms with Crippen LogP contribution in [0.2, 0.25) is 0 Å². The molecule has 0 bridgehead atoms. The average Bonchev–Trinajstić information content (AvgIpc) is 2.46. The second kappa shape index (κ2) is 17.6. The van der Waals surface area contributed by atoms with Crippen LogP contribution in [0.5, 0.6) is 17.2 Å². The van der Waals surface area contributed by atoms with Gasteiger partial charge < -0.3 is 32.6 Å². The predicted octanol–water partition coefficient (Wildman–Crippen LogP) is -6.78. The molecule has 0 saturated carbocycles. The van der Waals surface area contributed by atoms with Gasteiger partial charge in [0.2, 0.25) is 0 Å². The van der Waals surface area contributed by atoms with E-state index in [1.54, 1.807) is 18.2 Å². The molecule has 0 unspecified atom stereocenters. The molecule has 0 heterocycles. The molecule has 0 spiro atoms. The Hall–Kier alpha value is 1.53. The number of rotatable bonds is 11. The van der Waals surface area contributed by atoms with E-state index < -0.39 is 15.9 Å². The van der Waals surface area contributed by atoms with Gasteiger partial charge in [-0.3, -0.25) is 0 Å². The summed E-state index contributed by atoms with van der Waals surface area (Å²) in [5.74, 6) is 1.20. The van der Waals surface area contributed by atoms with Gasteiger partial charge in [-0.2, -0.15) is 0 Å². The SMILES string of the molecule is [CH2-]CCOc1cc(OCC[CH2-])cc(OCCCS(=O)(=O)[O-])c1.[Na+].[Na+].[Na+]. The smallest absolute Gasteiger partial charge is 0.748 e. The van der Waals surface area contributed by atoms with Crippen molar-refractivity contribution >= 4 is 10.1 Å². The van der Waals surface area contributed by atoms with Gasteiger partial charge in [0.15, 0.2) is 0 Å². The maximum atomic E-state index is 10.5. The Labute approximate surface area is 217 Å². The van der Waals surface area contributed by atoms with Gasteiger partial charge >= 0.3 is 88.7 Å². The number of benzene rings is 1. The van der Waals surface area contributed by atoms with Crippen LogP contribution in [-0.4, -0.2) is 38.5 Å². The minimum atomic E-state index is -4.21. The molecule has 0 aliphatic rings. The fourth-order valence-electron chi connectivity index (χ4n) is 1.60. The summed E-state index contributed by atoms with van der Waals surface area (Å²) in [6, 6.07) is 5.09. The van der Waals surface area contributed by atoms with Crippen molar-refractivity contribution in [3.8, 4) is 17.2 Å². The third-order valence-corrected chi connectivity index (χ3v) is 3.28. The van der Waals surface area contributed by atoms with E-state index in [2.05, 4.69) is 13.8 Å². The van der Waals surface area contributed by atoms with E-state index >= 15 is 0 Å². The Morgan fingerprint density at radius 2 is 1.16 bits per heavy atom. The second-order valence-corrected chi connectivity index (χ2v) is 6.03. The first-order valence-corrected chi connectivity index (χ1v) is 8.58. The van der Waals surface area contributed by atoms with Crippen molar-refractivity contribution in [1.82, 2.24) is 0 Å². The third-order valence-electron chi connectivity index (χ3n) is 2.49. The summed E-state index contributed by atoms with van der Waals surface area (Å²) in [5.41, 5.74) is 0. The van der Waals surface area contributed by atoms with E-state index in [1.807, 2.05) is 0 Å². The van der Waals surface area contributed by atoms with E-state index in [-0.39, 0.29) is 102 Å². The molecule has 0 aromatic heterocycles. The standard InChI is InChI=1S/C15H22O6S.3Na/c1-3-6-19-13-10-14(20-7-4-2)12-15(11-13)21-8-5-9-22(16,17)18;;;/h10-12H,1-9H2,(H,16,17,18);;;/q-2;3*+1/p-1. The molecule has 6 nitrogen and oxygen atoms in total. The summed E-state index contributed by atoms with van der Waals surface area (Å²) in [6.45, 7) is 8.44. The zero-order chi connectivity index (χ0) is 16.4. The molecule has 0 aliphatic carbocycles. The number of ether oxygens (including phenoxy) is 3. The summed E-state index contributed by atoms with van der Waals surface area (Å²) in [7, 11) is -4.21. The van der Waals surface area contributed by atoms with Crippen LogP contribution in [0.3, 0.4) is 0 Å². The van der Waals surface area contributed by atoms with Crippen LogP contribution in [0, 0.1) is 13.8 Å². The van der Waals surface area contributed by atoms with Crippen molar-refractivity contribution in [2.45, 2.75) is 19.3 Å². The van der Waals surface area contributed by atoms with Crippen LogP contribution in [0.1, 0.15) is 19.3 Å². The average molecular weight is 398 g/mol. The van der Waals surface area contributed by atoms with Crippen LogP contribution >= 0.6 is 0 Å². The molecule has 1 aromatic rings. The summed E-state index contributed by atoms with van der Waals surface area (Å²) in [5, 5.41) is 0. The molecule has 0 saturated heterocycles. The molecule has 0 atom stereocenters. The zero-order valence-corrected chi connectivity index (χ0v) is 22.3. The Bertz CT molecular complexity index is 528. The van der Waals surface area contributed by atoms with E-state index in [0.29, 0.717) is 43.3 Å². The third kappa shape index (κ3) is 16.2. The normalized spacial score (nSPS) is 9.88. The van der Waals surface area contributed by atoms with E-state index in [9.17, 15) is 13.0 Å². The van der Waals surface area contributed by atoms with Gasteiger partial charge in [-0.1, -0.05) is 0 Å². The van der Waals surface area contributed by atoms with Crippen molar-refractivity contribution in [2.24, 2.45) is 0 Å². The van der Waals surface area contributed by atoms with Crippen LogP contribution in [0.15, 0.2) is 18.2 Å². The van der Waals surface area contributed by atoms with Crippen molar-refractivity contribution in [3.63, 3.8) is 0 Å². The van der Waals surface area contributed by atoms with Crippen molar-refractivity contribution in [2.75, 3.05) is 25.6 Å². The Morgan fingerprint density at radius 1 is 0.800 bits per heavy atom. The van der Waals surface area contributed by atoms with Gasteiger partial charge in [-0.05, 0) is 6.42 Å². The van der Waals surface area contributed by atoms with E-state index in [4.69, 9.17) is 14.2 Å². The van der Waals surface area contributed by atoms with Crippen molar-refractivity contribution < 1.29 is 116 Å². The van der Waals surface area contributed by atoms with E-state index in [0.717, 1.165) is 0 Å². The molecule has 1 aromatic carbocycles. The maximum absolute atomic E-state index is 10.5. The molecular weight excluding hydrogens is 377 g/mol. The monoisotopic (exact) mass is 398 g/mol. The first-order valence-electron chi connectivity index (χ1n) is 7.00. The Morgan fingerprint density at radius 3 is 1.48 bits per heavy atom. The summed E-state index contributed by atoms with van der Waals surface area (Å²) in [6.07, 6.45) is 1.38. The quantitative estimate of drug-likeness (QED) is 0.160. The fourth-order valence-corrected chi connectivity index (χ4v) is 2.07. The molecule has 0 fully saturated rings. The molecule has 0 amide bonds. The summed E-state index contributed by atoms with van der Waals surface area (Å²) < 4.78 is 48.0. The van der Waals surface area contributed by atoms with Gasteiger partial charge in [0.1, 0.15) is 17.2 Å². The Balaban J connectivity index is -0.00000161. The topological polar surface area (TPSA) is 84.9 Å². The van der Waals surface area contributed by atoms with Gasteiger partial charge in [0.05, 0.1) is 29.9 Å². The molecule has 1 rings (SSSR count). The molecule has 126 valence electrons. The molecule has 10 heteroatoms. The predicted molar refractivity (Wildman–Crippen MR) is 82.1 cm³/mol. The zero-order valence-electron chi connectivity index (χ0n) is 15.5. The van der Waals surface area contributed by atoms with Crippen LogP contribution in [0.25, 0.3) is 0 Å². The summed E-state index contributed by atoms with van der Waals surface area (Å²) in [4.78, 5) is 0. The number of hydrogen-bond acceptors (Lipinski definition) is 6. The van der Waals surface area contributed by atoms with Gasteiger partial charge in [-0.25, -0.2) is 8.42 Å². The maximum Gasteiger partial charge on any atom is 1.00 e. The van der Waals surface area contributed by atoms with Crippen molar-refractivity contribution in [3.05, 3.63) is 32.0 Å². The minimum absolute atomic E-state index is 0. The van der Waals surface area contributed by atoms with Crippen molar-refractivity contribution in [1.29, 1.82) is 0 Å². The molecular formula is C15H21Na3O6S. The molecule has 25 heavy (non-hydrogen) atoms.